The number of ether oxygens (including phenoxy) is 2. The molecule has 11 nitrogen and oxygen atoms in total. The van der Waals surface area contributed by atoms with Gasteiger partial charge >= 0.3 is 23.9 Å². The number of carbonyl (C=O) groups is 5. The Hall–Kier alpha value is -2.53. The molecule has 0 amide bonds. The molecule has 0 aromatic heterocycles. The van der Waals surface area contributed by atoms with Gasteiger partial charge < -0.3 is 30.7 Å². The third kappa shape index (κ3) is 16.8. The maximum absolute atomic E-state index is 11.9. The molecule has 0 saturated heterocycles. The first kappa shape index (κ1) is 38.5. The van der Waals surface area contributed by atoms with Gasteiger partial charge in [0.25, 0.3) is 0 Å². The van der Waals surface area contributed by atoms with Crippen LogP contribution < -0.4 is 11.1 Å². The number of carbonyl (C=O) groups excluding carboxylic acids is 3. The molecule has 0 aromatic carbocycles. The SMILES string of the molecule is CC(C)(C)OC(=O)CCC1(CC(=O)O)CCC(=O)CC1.CC(C)(C)OC(=O)CCC1(CC(=O)O)CCC(NCCN)CC1. The topological polar surface area (TPSA) is 182 Å². The fourth-order valence-electron chi connectivity index (χ4n) is 5.97. The first-order valence-electron chi connectivity index (χ1n) is 15.6. The zero-order valence-corrected chi connectivity index (χ0v) is 27.2. The Morgan fingerprint density at radius 2 is 1.19 bits per heavy atom. The van der Waals surface area contributed by atoms with Gasteiger partial charge in [-0.2, -0.15) is 0 Å². The van der Waals surface area contributed by atoms with Crippen LogP contribution in [0.5, 0.6) is 0 Å². The van der Waals surface area contributed by atoms with Crippen LogP contribution in [-0.4, -0.2) is 70.2 Å². The van der Waals surface area contributed by atoms with Crippen LogP contribution in [0.25, 0.3) is 0 Å². The largest absolute Gasteiger partial charge is 0.481 e. The number of Topliss-reactive ketones (excluding diaryl/α,β-unsaturated/α-hetero) is 1. The van der Waals surface area contributed by atoms with E-state index in [2.05, 4.69) is 5.32 Å². The second-order valence-corrected chi connectivity index (χ2v) is 14.4. The number of nitrogens with two attached hydrogens (primary N) is 1. The van der Waals surface area contributed by atoms with Crippen molar-refractivity contribution in [1.82, 2.24) is 5.32 Å². The molecule has 0 spiro atoms. The van der Waals surface area contributed by atoms with E-state index in [4.69, 9.17) is 20.3 Å². The number of esters is 2. The van der Waals surface area contributed by atoms with E-state index in [0.29, 0.717) is 51.1 Å². The number of nitrogens with one attached hydrogen (secondary N) is 1. The number of carboxylic acid groups (broad SMARTS) is 2. The third-order valence-corrected chi connectivity index (χ3v) is 8.10. The maximum atomic E-state index is 11.9. The van der Waals surface area contributed by atoms with Gasteiger partial charge in [0, 0.05) is 44.8 Å². The number of carboxylic acids is 2. The molecule has 11 heteroatoms. The van der Waals surface area contributed by atoms with Gasteiger partial charge in [-0.25, -0.2) is 0 Å². The van der Waals surface area contributed by atoms with Crippen molar-refractivity contribution in [1.29, 1.82) is 0 Å². The summed E-state index contributed by atoms with van der Waals surface area (Å²) in [7, 11) is 0. The summed E-state index contributed by atoms with van der Waals surface area (Å²) < 4.78 is 10.6. The Morgan fingerprint density at radius 3 is 1.53 bits per heavy atom. The van der Waals surface area contributed by atoms with Crippen molar-refractivity contribution >= 4 is 29.7 Å². The van der Waals surface area contributed by atoms with Gasteiger partial charge in [-0.05, 0) is 104 Å². The van der Waals surface area contributed by atoms with Gasteiger partial charge in [0.05, 0.1) is 12.8 Å². The van der Waals surface area contributed by atoms with E-state index in [-0.39, 0.29) is 48.8 Å². The van der Waals surface area contributed by atoms with Gasteiger partial charge in [-0.15, -0.1) is 0 Å². The molecule has 0 aromatic rings. The molecule has 43 heavy (non-hydrogen) atoms. The lowest BCUT2D eigenvalue weighted by molar-refractivity contribution is -0.157. The highest BCUT2D eigenvalue weighted by atomic mass is 16.6. The number of hydrogen-bond acceptors (Lipinski definition) is 9. The molecule has 248 valence electrons. The molecule has 0 radical (unpaired) electrons. The minimum Gasteiger partial charge on any atom is -0.481 e. The van der Waals surface area contributed by atoms with E-state index in [1.54, 1.807) is 20.8 Å². The fourth-order valence-corrected chi connectivity index (χ4v) is 5.97. The van der Waals surface area contributed by atoms with Gasteiger partial charge in [0.15, 0.2) is 0 Å². The molecule has 0 aliphatic heterocycles. The van der Waals surface area contributed by atoms with E-state index in [0.717, 1.165) is 32.2 Å². The van der Waals surface area contributed by atoms with Crippen LogP contribution in [0.4, 0.5) is 0 Å². The third-order valence-electron chi connectivity index (χ3n) is 8.10. The van der Waals surface area contributed by atoms with E-state index >= 15 is 0 Å². The van der Waals surface area contributed by atoms with Crippen LogP contribution in [0.1, 0.15) is 131 Å². The molecular weight excluding hydrogens is 556 g/mol. The molecule has 0 bridgehead atoms. The van der Waals surface area contributed by atoms with Gasteiger partial charge in [-0.1, -0.05) is 0 Å². The summed E-state index contributed by atoms with van der Waals surface area (Å²) in [6, 6.07) is 0.405. The van der Waals surface area contributed by atoms with Crippen molar-refractivity contribution in [2.24, 2.45) is 16.6 Å². The van der Waals surface area contributed by atoms with Gasteiger partial charge in [-0.3, -0.25) is 24.0 Å². The normalized spacial score (nSPS) is 22.1. The predicted octanol–water partition coefficient (Wildman–Crippen LogP) is 4.77. The molecule has 2 aliphatic carbocycles. The summed E-state index contributed by atoms with van der Waals surface area (Å²) >= 11 is 0. The first-order valence-corrected chi connectivity index (χ1v) is 15.6. The van der Waals surface area contributed by atoms with Crippen LogP contribution >= 0.6 is 0 Å². The second-order valence-electron chi connectivity index (χ2n) is 14.4. The standard InChI is InChI=1S/C17H32N2O4.C15H24O5/c1-16(2,3)23-15(22)6-9-17(12-14(20)21)7-4-13(5-8-17)19-11-10-18;1-14(2,3)20-13(19)6-9-15(10-12(17)18)7-4-11(16)5-8-15/h13,19H,4-12,18H2,1-3H3,(H,20,21);4-10H2,1-3H3,(H,17,18). The minimum atomic E-state index is -0.872. The Labute approximate surface area is 257 Å². The fraction of sp³-hybridized carbons (Fsp3) is 0.844. The molecule has 2 aliphatic rings. The molecular formula is C32H56N2O9. The molecule has 2 rings (SSSR count). The van der Waals surface area contributed by atoms with Crippen LogP contribution in [0, 0.1) is 10.8 Å². The molecule has 0 atom stereocenters. The average Bonchev–Trinajstić information content (AvgIpc) is 2.86. The Morgan fingerprint density at radius 1 is 0.791 bits per heavy atom. The van der Waals surface area contributed by atoms with Crippen LogP contribution in [0.15, 0.2) is 0 Å². The van der Waals surface area contributed by atoms with Crippen molar-refractivity contribution < 1.29 is 43.7 Å². The average molecular weight is 613 g/mol. The summed E-state index contributed by atoms with van der Waals surface area (Å²) in [5.74, 6) is -2.03. The molecule has 0 unspecified atom stereocenters. The number of aliphatic carboxylic acids is 2. The van der Waals surface area contributed by atoms with Crippen LogP contribution in [0.2, 0.25) is 0 Å². The summed E-state index contributed by atoms with van der Waals surface area (Å²) in [4.78, 5) is 57.3. The first-order chi connectivity index (χ1) is 19.8. The van der Waals surface area contributed by atoms with Crippen molar-refractivity contribution in [3.63, 3.8) is 0 Å². The van der Waals surface area contributed by atoms with E-state index in [1.807, 2.05) is 20.8 Å². The number of ketones is 1. The quantitative estimate of drug-likeness (QED) is 0.210. The second kappa shape index (κ2) is 17.1. The molecule has 0 heterocycles. The predicted molar refractivity (Wildman–Crippen MR) is 162 cm³/mol. The van der Waals surface area contributed by atoms with E-state index in [9.17, 15) is 29.1 Å². The molecule has 2 saturated carbocycles. The lowest BCUT2D eigenvalue weighted by atomic mass is 9.68. The summed E-state index contributed by atoms with van der Waals surface area (Å²) in [6.07, 6.45) is 7.15. The Bertz CT molecular complexity index is 931. The van der Waals surface area contributed by atoms with Gasteiger partial charge in [0.1, 0.15) is 17.0 Å². The molecule has 2 fully saturated rings. The van der Waals surface area contributed by atoms with Crippen molar-refractivity contribution in [2.45, 2.75) is 149 Å². The molecule has 5 N–H and O–H groups in total. The van der Waals surface area contributed by atoms with Crippen LogP contribution in [-0.2, 0) is 33.4 Å². The zero-order chi connectivity index (χ0) is 32.9. The highest BCUT2D eigenvalue weighted by Crippen LogP contribution is 2.44. The smallest absolute Gasteiger partial charge is 0.306 e. The van der Waals surface area contributed by atoms with E-state index < -0.39 is 28.6 Å². The highest BCUT2D eigenvalue weighted by Gasteiger charge is 2.38. The van der Waals surface area contributed by atoms with Crippen molar-refractivity contribution in [2.75, 3.05) is 13.1 Å². The number of hydrogen-bond donors (Lipinski definition) is 4. The Balaban J connectivity index is 0.000000434. The zero-order valence-electron chi connectivity index (χ0n) is 27.2. The van der Waals surface area contributed by atoms with E-state index in [1.165, 1.54) is 0 Å². The minimum absolute atomic E-state index is 0.0169. The van der Waals surface area contributed by atoms with Gasteiger partial charge in [0.2, 0.25) is 0 Å². The lowest BCUT2D eigenvalue weighted by Crippen LogP contribution is -2.40. The summed E-state index contributed by atoms with van der Waals surface area (Å²) in [5.41, 5.74) is 3.76. The summed E-state index contributed by atoms with van der Waals surface area (Å²) in [5, 5.41) is 21.7. The highest BCUT2D eigenvalue weighted by molar-refractivity contribution is 5.80. The Kier molecular flexibility index (Phi) is 15.3. The lowest BCUT2D eigenvalue weighted by Gasteiger charge is -2.39. The van der Waals surface area contributed by atoms with Crippen LogP contribution in [0.3, 0.4) is 0 Å². The monoisotopic (exact) mass is 612 g/mol. The maximum Gasteiger partial charge on any atom is 0.306 e. The van der Waals surface area contributed by atoms with Crippen molar-refractivity contribution in [3.8, 4) is 0 Å². The number of rotatable bonds is 13. The summed E-state index contributed by atoms with van der Waals surface area (Å²) in [6.45, 7) is 12.3. The van der Waals surface area contributed by atoms with Crippen molar-refractivity contribution in [3.05, 3.63) is 0 Å².